The van der Waals surface area contributed by atoms with E-state index in [4.69, 9.17) is 10.5 Å². The molecular weight excluding hydrogens is 324 g/mol. The van der Waals surface area contributed by atoms with Gasteiger partial charge in [0.2, 0.25) is 0 Å². The van der Waals surface area contributed by atoms with Gasteiger partial charge in [-0.05, 0) is 30.3 Å². The molecule has 118 valence electrons. The molecule has 1 aliphatic heterocycles. The number of nitrogens with two attached hydrogens (primary N) is 1. The van der Waals surface area contributed by atoms with E-state index in [9.17, 15) is 4.79 Å². The first kappa shape index (κ1) is 14.4. The maximum Gasteiger partial charge on any atom is 0.291 e. The minimum absolute atomic E-state index is 0.201. The van der Waals surface area contributed by atoms with Gasteiger partial charge in [0, 0.05) is 23.2 Å². The highest BCUT2D eigenvalue weighted by molar-refractivity contribution is 7.13. The van der Waals surface area contributed by atoms with Crippen molar-refractivity contribution in [3.63, 3.8) is 0 Å². The highest BCUT2D eigenvalue weighted by atomic mass is 32.1. The normalized spacial score (nSPS) is 14.8. The van der Waals surface area contributed by atoms with Crippen LogP contribution < -0.4 is 15.8 Å². The molecule has 0 atom stereocenters. The highest BCUT2D eigenvalue weighted by Gasteiger charge is 2.22. The molecule has 1 amide bonds. The summed E-state index contributed by atoms with van der Waals surface area (Å²) in [5.41, 5.74) is 8.55. The standard InChI is InChI=1S/C17H12N4O2S/c18-17-21-13(9-24-17)10-4-5-14-12(7-10)20-16(22)15(23-14)8-11-3-1-2-6-19-11/h1-9H,(H2,18,21)(H,20,22)/b15-8+. The lowest BCUT2D eigenvalue weighted by Gasteiger charge is -2.20. The number of aromatic nitrogens is 2. The van der Waals surface area contributed by atoms with Crippen molar-refractivity contribution < 1.29 is 9.53 Å². The summed E-state index contributed by atoms with van der Waals surface area (Å²) in [6, 6.07) is 11.0. The number of pyridine rings is 1. The fourth-order valence-corrected chi connectivity index (χ4v) is 2.91. The number of carbonyl (C=O) groups is 1. The molecule has 0 saturated heterocycles. The van der Waals surface area contributed by atoms with E-state index in [-0.39, 0.29) is 11.7 Å². The Kier molecular flexibility index (Phi) is 3.47. The van der Waals surface area contributed by atoms with Crippen molar-refractivity contribution in [2.75, 3.05) is 11.1 Å². The van der Waals surface area contributed by atoms with E-state index in [0.29, 0.717) is 22.3 Å². The average molecular weight is 336 g/mol. The van der Waals surface area contributed by atoms with Crippen LogP contribution in [0.25, 0.3) is 17.3 Å². The molecule has 0 radical (unpaired) electrons. The number of nitrogens with zero attached hydrogens (tertiary/aromatic N) is 2. The number of fused-ring (bicyclic) bond motifs is 1. The molecule has 3 heterocycles. The zero-order valence-corrected chi connectivity index (χ0v) is 13.2. The van der Waals surface area contributed by atoms with Crippen molar-refractivity contribution in [2.45, 2.75) is 0 Å². The SMILES string of the molecule is Nc1nc(-c2ccc3c(c2)NC(=O)/C(=C\c2ccccn2)O3)cs1. The Morgan fingerprint density at radius 1 is 1.25 bits per heavy atom. The van der Waals surface area contributed by atoms with Gasteiger partial charge in [-0.15, -0.1) is 11.3 Å². The smallest absolute Gasteiger partial charge is 0.291 e. The first-order chi connectivity index (χ1) is 11.7. The number of rotatable bonds is 2. The van der Waals surface area contributed by atoms with Gasteiger partial charge < -0.3 is 15.8 Å². The number of thiazole rings is 1. The number of benzene rings is 1. The summed E-state index contributed by atoms with van der Waals surface area (Å²) in [4.78, 5) is 20.7. The van der Waals surface area contributed by atoms with Crippen LogP contribution >= 0.6 is 11.3 Å². The first-order valence-corrected chi connectivity index (χ1v) is 8.04. The minimum Gasteiger partial charge on any atom is -0.449 e. The Morgan fingerprint density at radius 2 is 2.17 bits per heavy atom. The predicted octanol–water partition coefficient (Wildman–Crippen LogP) is 3.16. The molecule has 0 fully saturated rings. The molecule has 24 heavy (non-hydrogen) atoms. The third kappa shape index (κ3) is 2.72. The Hall–Kier alpha value is -3.19. The molecule has 1 aliphatic rings. The molecule has 0 unspecified atom stereocenters. The minimum atomic E-state index is -0.317. The second-order valence-corrected chi connectivity index (χ2v) is 5.99. The summed E-state index contributed by atoms with van der Waals surface area (Å²) in [5.74, 6) is 0.457. The fourth-order valence-electron chi connectivity index (χ4n) is 2.34. The van der Waals surface area contributed by atoms with Gasteiger partial charge in [0.15, 0.2) is 16.6 Å². The van der Waals surface area contributed by atoms with E-state index in [2.05, 4.69) is 15.3 Å². The summed E-state index contributed by atoms with van der Waals surface area (Å²) in [6.45, 7) is 0. The Bertz CT molecular complexity index is 950. The highest BCUT2D eigenvalue weighted by Crippen LogP contribution is 2.35. The van der Waals surface area contributed by atoms with E-state index in [1.54, 1.807) is 24.4 Å². The molecule has 1 aromatic carbocycles. The Balaban J connectivity index is 1.66. The average Bonchev–Trinajstić information content (AvgIpc) is 3.03. The van der Waals surface area contributed by atoms with Gasteiger partial charge in [-0.2, -0.15) is 0 Å². The molecule has 0 bridgehead atoms. The molecule has 6 nitrogen and oxygen atoms in total. The van der Waals surface area contributed by atoms with Crippen LogP contribution in [-0.2, 0) is 4.79 Å². The van der Waals surface area contributed by atoms with Gasteiger partial charge in [0.05, 0.1) is 17.1 Å². The number of nitrogens with one attached hydrogen (secondary N) is 1. The number of ether oxygens (including phenoxy) is 1. The fraction of sp³-hybridized carbons (Fsp3) is 0. The second-order valence-electron chi connectivity index (χ2n) is 5.10. The molecule has 3 N–H and O–H groups in total. The van der Waals surface area contributed by atoms with E-state index >= 15 is 0 Å². The number of hydrogen-bond donors (Lipinski definition) is 2. The zero-order chi connectivity index (χ0) is 16.5. The van der Waals surface area contributed by atoms with Crippen LogP contribution in [0.3, 0.4) is 0 Å². The number of carbonyl (C=O) groups excluding carboxylic acids is 1. The van der Waals surface area contributed by atoms with Crippen LogP contribution in [0, 0.1) is 0 Å². The van der Waals surface area contributed by atoms with E-state index in [0.717, 1.165) is 11.3 Å². The number of nitrogen functional groups attached to an aromatic ring is 1. The summed E-state index contributed by atoms with van der Waals surface area (Å²) in [5, 5.41) is 5.20. The number of anilines is 2. The van der Waals surface area contributed by atoms with Crippen LogP contribution in [0.1, 0.15) is 5.69 Å². The van der Waals surface area contributed by atoms with Crippen LogP contribution in [0.5, 0.6) is 5.75 Å². The van der Waals surface area contributed by atoms with Crippen LogP contribution in [0.15, 0.2) is 53.7 Å². The monoisotopic (exact) mass is 336 g/mol. The van der Waals surface area contributed by atoms with Crippen molar-refractivity contribution in [2.24, 2.45) is 0 Å². The lowest BCUT2D eigenvalue weighted by Crippen LogP contribution is -2.23. The topological polar surface area (TPSA) is 90.1 Å². The van der Waals surface area contributed by atoms with Crippen molar-refractivity contribution in [1.29, 1.82) is 0 Å². The summed E-state index contributed by atoms with van der Waals surface area (Å²) in [7, 11) is 0. The van der Waals surface area contributed by atoms with E-state index in [1.807, 2.05) is 29.6 Å². The van der Waals surface area contributed by atoms with E-state index < -0.39 is 0 Å². The Morgan fingerprint density at radius 3 is 2.92 bits per heavy atom. The van der Waals surface area contributed by atoms with Gasteiger partial charge in [-0.1, -0.05) is 6.07 Å². The first-order valence-electron chi connectivity index (χ1n) is 7.16. The summed E-state index contributed by atoms with van der Waals surface area (Å²) >= 11 is 1.37. The lowest BCUT2D eigenvalue weighted by atomic mass is 10.1. The molecule has 3 aromatic rings. The zero-order valence-electron chi connectivity index (χ0n) is 12.4. The van der Waals surface area contributed by atoms with Gasteiger partial charge in [0.25, 0.3) is 5.91 Å². The molecule has 2 aromatic heterocycles. The van der Waals surface area contributed by atoms with E-state index in [1.165, 1.54) is 11.3 Å². The molecule has 0 spiro atoms. The third-order valence-corrected chi connectivity index (χ3v) is 4.13. The molecule has 0 saturated carbocycles. The number of hydrogen-bond acceptors (Lipinski definition) is 6. The molecule has 7 heteroatoms. The Labute approximate surface area is 141 Å². The lowest BCUT2D eigenvalue weighted by molar-refractivity contribution is -0.115. The van der Waals surface area contributed by atoms with Gasteiger partial charge in [-0.25, -0.2) is 4.98 Å². The van der Waals surface area contributed by atoms with Gasteiger partial charge in [0.1, 0.15) is 0 Å². The maximum absolute atomic E-state index is 12.2. The largest absolute Gasteiger partial charge is 0.449 e. The van der Waals surface area contributed by atoms with Gasteiger partial charge in [-0.3, -0.25) is 9.78 Å². The summed E-state index contributed by atoms with van der Waals surface area (Å²) < 4.78 is 5.71. The third-order valence-electron chi connectivity index (χ3n) is 3.46. The van der Waals surface area contributed by atoms with Crippen molar-refractivity contribution in [3.05, 3.63) is 59.4 Å². The maximum atomic E-state index is 12.2. The van der Waals surface area contributed by atoms with Gasteiger partial charge >= 0.3 is 0 Å². The molecule has 4 rings (SSSR count). The summed E-state index contributed by atoms with van der Waals surface area (Å²) in [6.07, 6.45) is 3.26. The van der Waals surface area contributed by atoms with Crippen LogP contribution in [-0.4, -0.2) is 15.9 Å². The molecular formula is C17H12N4O2S. The second kappa shape index (κ2) is 5.78. The predicted molar refractivity (Wildman–Crippen MR) is 93.4 cm³/mol. The molecule has 0 aliphatic carbocycles. The number of amides is 1. The van der Waals surface area contributed by atoms with Crippen LogP contribution in [0.2, 0.25) is 0 Å². The van der Waals surface area contributed by atoms with Crippen molar-refractivity contribution in [3.8, 4) is 17.0 Å². The van der Waals surface area contributed by atoms with Crippen LogP contribution in [0.4, 0.5) is 10.8 Å². The van der Waals surface area contributed by atoms with Crippen molar-refractivity contribution >= 4 is 34.1 Å². The van der Waals surface area contributed by atoms with Crippen molar-refractivity contribution in [1.82, 2.24) is 9.97 Å². The quantitative estimate of drug-likeness (QED) is 0.702.